The van der Waals surface area contributed by atoms with E-state index in [9.17, 15) is 14.4 Å². The Hall–Kier alpha value is -4.04. The van der Waals surface area contributed by atoms with Gasteiger partial charge in [-0.3, -0.25) is 19.3 Å². The van der Waals surface area contributed by atoms with Crippen LogP contribution in [0, 0.1) is 13.8 Å². The molecule has 7 nitrogen and oxygen atoms in total. The van der Waals surface area contributed by atoms with E-state index >= 15 is 0 Å². The standard InChI is InChI=1S/C28H26N2O5S/c1-19-5-3-7-22(15-19)29-26(31)18-35-23-11-9-21(10-12-23)17-25-27(32)30(28(33)36-25)13-14-34-24-8-4-6-20(2)16-24/h3-12,15-17H,13-14,18H2,1-2H3,(H,29,31)/b25-17-. The summed E-state index contributed by atoms with van der Waals surface area (Å²) in [6.07, 6.45) is 1.67. The van der Waals surface area contributed by atoms with E-state index in [1.165, 1.54) is 4.90 Å². The molecule has 3 aromatic carbocycles. The highest BCUT2D eigenvalue weighted by Crippen LogP contribution is 2.32. The molecule has 0 saturated carbocycles. The maximum Gasteiger partial charge on any atom is 0.293 e. The topological polar surface area (TPSA) is 84.9 Å². The van der Waals surface area contributed by atoms with Crippen LogP contribution in [0.15, 0.2) is 77.7 Å². The van der Waals surface area contributed by atoms with Gasteiger partial charge in [0, 0.05) is 5.69 Å². The molecule has 0 atom stereocenters. The molecule has 36 heavy (non-hydrogen) atoms. The third-order valence-electron chi connectivity index (χ3n) is 5.30. The van der Waals surface area contributed by atoms with Crippen LogP contribution < -0.4 is 14.8 Å². The molecule has 3 amide bonds. The zero-order chi connectivity index (χ0) is 25.5. The Kier molecular flexibility index (Phi) is 8.07. The number of benzene rings is 3. The number of aryl methyl sites for hydroxylation is 2. The predicted octanol–water partition coefficient (Wildman–Crippen LogP) is 5.44. The van der Waals surface area contributed by atoms with Crippen molar-refractivity contribution < 1.29 is 23.9 Å². The summed E-state index contributed by atoms with van der Waals surface area (Å²) in [5.74, 6) is 0.621. The third-order valence-corrected chi connectivity index (χ3v) is 6.20. The van der Waals surface area contributed by atoms with E-state index < -0.39 is 0 Å². The highest BCUT2D eigenvalue weighted by Gasteiger charge is 2.34. The van der Waals surface area contributed by atoms with Crippen LogP contribution in [0.5, 0.6) is 11.5 Å². The van der Waals surface area contributed by atoms with Gasteiger partial charge in [0.25, 0.3) is 17.1 Å². The molecule has 1 aliphatic rings. The van der Waals surface area contributed by atoms with E-state index in [2.05, 4.69) is 5.32 Å². The summed E-state index contributed by atoms with van der Waals surface area (Å²) in [5, 5.41) is 2.47. The molecule has 0 aromatic heterocycles. The van der Waals surface area contributed by atoms with Gasteiger partial charge in [-0.05, 0) is 84.8 Å². The van der Waals surface area contributed by atoms with Gasteiger partial charge >= 0.3 is 0 Å². The first-order chi connectivity index (χ1) is 17.4. The van der Waals surface area contributed by atoms with Crippen molar-refractivity contribution in [2.45, 2.75) is 13.8 Å². The Balaban J connectivity index is 1.28. The van der Waals surface area contributed by atoms with Crippen molar-refractivity contribution in [3.05, 3.63) is 94.4 Å². The smallest absolute Gasteiger partial charge is 0.293 e. The first-order valence-corrected chi connectivity index (χ1v) is 12.2. The van der Waals surface area contributed by atoms with Gasteiger partial charge in [-0.1, -0.05) is 36.4 Å². The van der Waals surface area contributed by atoms with Crippen LogP contribution in [-0.4, -0.2) is 41.7 Å². The Morgan fingerprint density at radius 3 is 2.36 bits per heavy atom. The number of carbonyl (C=O) groups excluding carboxylic acids is 3. The highest BCUT2D eigenvalue weighted by molar-refractivity contribution is 8.18. The maximum absolute atomic E-state index is 12.7. The Bertz CT molecular complexity index is 1300. The Morgan fingerprint density at radius 2 is 1.64 bits per heavy atom. The van der Waals surface area contributed by atoms with E-state index in [1.54, 1.807) is 30.3 Å². The highest BCUT2D eigenvalue weighted by atomic mass is 32.2. The minimum absolute atomic E-state index is 0.128. The molecule has 1 N–H and O–H groups in total. The van der Waals surface area contributed by atoms with E-state index in [0.29, 0.717) is 16.4 Å². The number of nitrogens with one attached hydrogen (secondary N) is 1. The van der Waals surface area contributed by atoms with Crippen molar-refractivity contribution in [2.24, 2.45) is 0 Å². The van der Waals surface area contributed by atoms with E-state index in [0.717, 1.165) is 34.1 Å². The molecule has 184 valence electrons. The predicted molar refractivity (Wildman–Crippen MR) is 141 cm³/mol. The van der Waals surface area contributed by atoms with Crippen molar-refractivity contribution in [3.8, 4) is 11.5 Å². The number of rotatable bonds is 9. The molecular formula is C28H26N2O5S. The first-order valence-electron chi connectivity index (χ1n) is 11.4. The lowest BCUT2D eigenvalue weighted by atomic mass is 10.2. The minimum atomic E-state index is -0.342. The lowest BCUT2D eigenvalue weighted by Crippen LogP contribution is -2.32. The van der Waals surface area contributed by atoms with Crippen molar-refractivity contribution in [3.63, 3.8) is 0 Å². The molecule has 1 heterocycles. The van der Waals surface area contributed by atoms with Gasteiger partial charge in [0.2, 0.25) is 0 Å². The normalized spacial score (nSPS) is 14.3. The SMILES string of the molecule is Cc1cccc(NC(=O)COc2ccc(/C=C3\SC(=O)N(CCOc4cccc(C)c4)C3=O)cc2)c1. The largest absolute Gasteiger partial charge is 0.492 e. The monoisotopic (exact) mass is 502 g/mol. The van der Waals surface area contributed by atoms with Gasteiger partial charge in [-0.2, -0.15) is 0 Å². The molecular weight excluding hydrogens is 476 g/mol. The van der Waals surface area contributed by atoms with Crippen LogP contribution in [0.1, 0.15) is 16.7 Å². The number of nitrogens with zero attached hydrogens (tertiary/aromatic N) is 1. The second-order valence-electron chi connectivity index (χ2n) is 8.27. The summed E-state index contributed by atoms with van der Waals surface area (Å²) in [6, 6.07) is 22.1. The second-order valence-corrected chi connectivity index (χ2v) is 9.27. The van der Waals surface area contributed by atoms with Crippen molar-refractivity contribution >= 4 is 40.6 Å². The number of imide groups is 1. The number of carbonyl (C=O) groups is 3. The van der Waals surface area contributed by atoms with E-state index in [1.807, 2.05) is 62.4 Å². The first kappa shape index (κ1) is 25.1. The van der Waals surface area contributed by atoms with Crippen molar-refractivity contribution in [1.82, 2.24) is 4.90 Å². The summed E-state index contributed by atoms with van der Waals surface area (Å²) in [5.41, 5.74) is 3.59. The lowest BCUT2D eigenvalue weighted by Gasteiger charge is -2.13. The summed E-state index contributed by atoms with van der Waals surface area (Å²) in [6.45, 7) is 4.19. The van der Waals surface area contributed by atoms with Crippen LogP contribution in [0.4, 0.5) is 10.5 Å². The molecule has 0 bridgehead atoms. The fourth-order valence-corrected chi connectivity index (χ4v) is 4.40. The number of ether oxygens (including phenoxy) is 2. The van der Waals surface area contributed by atoms with Crippen LogP contribution in [0.3, 0.4) is 0 Å². The van der Waals surface area contributed by atoms with Gasteiger partial charge in [-0.15, -0.1) is 0 Å². The molecule has 0 spiro atoms. The average molecular weight is 503 g/mol. The van der Waals surface area contributed by atoms with Crippen LogP contribution >= 0.6 is 11.8 Å². The van der Waals surface area contributed by atoms with E-state index in [-0.39, 0.29) is 36.8 Å². The van der Waals surface area contributed by atoms with Crippen LogP contribution in [0.25, 0.3) is 6.08 Å². The van der Waals surface area contributed by atoms with Gasteiger partial charge in [0.05, 0.1) is 11.4 Å². The summed E-state index contributed by atoms with van der Waals surface area (Å²) < 4.78 is 11.2. The zero-order valence-electron chi connectivity index (χ0n) is 20.0. The molecule has 0 unspecified atom stereocenters. The molecule has 1 aliphatic heterocycles. The average Bonchev–Trinajstić information content (AvgIpc) is 3.11. The van der Waals surface area contributed by atoms with Crippen LogP contribution in [-0.2, 0) is 9.59 Å². The Morgan fingerprint density at radius 1 is 0.917 bits per heavy atom. The van der Waals surface area contributed by atoms with Gasteiger partial charge < -0.3 is 14.8 Å². The van der Waals surface area contributed by atoms with Crippen molar-refractivity contribution in [1.29, 1.82) is 0 Å². The number of hydrogen-bond acceptors (Lipinski definition) is 6. The van der Waals surface area contributed by atoms with Gasteiger partial charge in [0.1, 0.15) is 18.1 Å². The number of amides is 3. The summed E-state index contributed by atoms with van der Waals surface area (Å²) >= 11 is 0.904. The molecule has 0 radical (unpaired) electrons. The van der Waals surface area contributed by atoms with Crippen LogP contribution in [0.2, 0.25) is 0 Å². The zero-order valence-corrected chi connectivity index (χ0v) is 20.8. The molecule has 0 aliphatic carbocycles. The van der Waals surface area contributed by atoms with E-state index in [4.69, 9.17) is 9.47 Å². The summed E-state index contributed by atoms with van der Waals surface area (Å²) in [4.78, 5) is 38.7. The fourth-order valence-electron chi connectivity index (χ4n) is 3.53. The summed E-state index contributed by atoms with van der Waals surface area (Å²) in [7, 11) is 0. The Labute approximate surface area is 214 Å². The molecule has 4 rings (SSSR count). The number of hydrogen-bond donors (Lipinski definition) is 1. The van der Waals surface area contributed by atoms with Gasteiger partial charge in [-0.25, -0.2) is 0 Å². The fraction of sp³-hybridized carbons (Fsp3) is 0.179. The number of anilines is 1. The quantitative estimate of drug-likeness (QED) is 0.393. The van der Waals surface area contributed by atoms with Gasteiger partial charge in [0.15, 0.2) is 6.61 Å². The molecule has 3 aromatic rings. The second kappa shape index (κ2) is 11.6. The lowest BCUT2D eigenvalue weighted by molar-refractivity contribution is -0.123. The molecule has 1 saturated heterocycles. The molecule has 8 heteroatoms. The van der Waals surface area contributed by atoms with Crippen molar-refractivity contribution in [2.75, 3.05) is 25.1 Å². The minimum Gasteiger partial charge on any atom is -0.492 e. The third kappa shape index (κ3) is 6.76. The maximum atomic E-state index is 12.7. The molecule has 1 fully saturated rings. The number of thioether (sulfide) groups is 1.